The number of Topliss-reactive ketones (excluding diaryl/α,β-unsaturated/α-hetero) is 1. The molecule has 22 heavy (non-hydrogen) atoms. The third kappa shape index (κ3) is 3.74. The number of nitrogens with one attached hydrogen (secondary N) is 1. The van der Waals surface area contributed by atoms with Crippen LogP contribution in [0.3, 0.4) is 0 Å². The van der Waals surface area contributed by atoms with Gasteiger partial charge in [-0.1, -0.05) is 30.3 Å². The Hall–Kier alpha value is -1.68. The van der Waals surface area contributed by atoms with E-state index in [0.29, 0.717) is 31.3 Å². The molecule has 4 heteroatoms. The van der Waals surface area contributed by atoms with Crippen molar-refractivity contribution in [2.45, 2.75) is 50.6 Å². The van der Waals surface area contributed by atoms with Gasteiger partial charge < -0.3 is 10.2 Å². The fraction of sp³-hybridized carbons (Fsp3) is 0.556. The van der Waals surface area contributed by atoms with Gasteiger partial charge in [-0.3, -0.25) is 9.59 Å². The SMILES string of the molecule is O=C(CCCC(=O)N1CC[C@H]2CC[C@@H](C1)N2)c1ccccc1. The molecule has 3 rings (SSSR count). The van der Waals surface area contributed by atoms with Crippen molar-refractivity contribution in [3.8, 4) is 0 Å². The zero-order valence-corrected chi connectivity index (χ0v) is 13.0. The predicted molar refractivity (Wildman–Crippen MR) is 85.8 cm³/mol. The van der Waals surface area contributed by atoms with Crippen molar-refractivity contribution in [3.63, 3.8) is 0 Å². The highest BCUT2D eigenvalue weighted by Crippen LogP contribution is 2.21. The third-order valence-corrected chi connectivity index (χ3v) is 4.77. The van der Waals surface area contributed by atoms with Crippen LogP contribution in [0, 0.1) is 0 Å². The maximum Gasteiger partial charge on any atom is 0.222 e. The molecule has 2 bridgehead atoms. The van der Waals surface area contributed by atoms with Gasteiger partial charge in [-0.05, 0) is 25.7 Å². The van der Waals surface area contributed by atoms with E-state index in [9.17, 15) is 9.59 Å². The van der Waals surface area contributed by atoms with Crippen LogP contribution in [0.15, 0.2) is 30.3 Å². The van der Waals surface area contributed by atoms with Crippen LogP contribution in [0.1, 0.15) is 48.9 Å². The third-order valence-electron chi connectivity index (χ3n) is 4.77. The van der Waals surface area contributed by atoms with Crippen molar-refractivity contribution in [2.75, 3.05) is 13.1 Å². The highest BCUT2D eigenvalue weighted by atomic mass is 16.2. The van der Waals surface area contributed by atoms with Gasteiger partial charge in [0.05, 0.1) is 0 Å². The molecular weight excluding hydrogens is 276 g/mol. The summed E-state index contributed by atoms with van der Waals surface area (Å²) >= 11 is 0. The number of carbonyl (C=O) groups is 2. The van der Waals surface area contributed by atoms with E-state index in [1.807, 2.05) is 35.2 Å². The van der Waals surface area contributed by atoms with Gasteiger partial charge in [0, 0.05) is 43.6 Å². The number of nitrogens with zero attached hydrogens (tertiary/aromatic N) is 1. The van der Waals surface area contributed by atoms with Crippen LogP contribution in [0.5, 0.6) is 0 Å². The van der Waals surface area contributed by atoms with Gasteiger partial charge in [0.25, 0.3) is 0 Å². The Morgan fingerprint density at radius 3 is 2.64 bits per heavy atom. The Bertz CT molecular complexity index is 529. The highest BCUT2D eigenvalue weighted by molar-refractivity contribution is 5.96. The fourth-order valence-corrected chi connectivity index (χ4v) is 3.50. The smallest absolute Gasteiger partial charge is 0.222 e. The van der Waals surface area contributed by atoms with Crippen LogP contribution in [0.2, 0.25) is 0 Å². The minimum atomic E-state index is 0.130. The van der Waals surface area contributed by atoms with E-state index in [0.717, 1.165) is 25.1 Å². The minimum Gasteiger partial charge on any atom is -0.341 e. The van der Waals surface area contributed by atoms with E-state index in [-0.39, 0.29) is 11.7 Å². The Kier molecular flexibility index (Phi) is 4.88. The molecule has 2 atom stereocenters. The largest absolute Gasteiger partial charge is 0.341 e. The van der Waals surface area contributed by atoms with Gasteiger partial charge in [0.2, 0.25) is 5.91 Å². The van der Waals surface area contributed by atoms with Crippen molar-refractivity contribution in [1.82, 2.24) is 10.2 Å². The number of rotatable bonds is 5. The fourth-order valence-electron chi connectivity index (χ4n) is 3.50. The summed E-state index contributed by atoms with van der Waals surface area (Å²) in [6.45, 7) is 1.70. The number of amides is 1. The van der Waals surface area contributed by atoms with E-state index >= 15 is 0 Å². The monoisotopic (exact) mass is 300 g/mol. The first-order chi connectivity index (χ1) is 10.7. The second-order valence-electron chi connectivity index (χ2n) is 6.41. The topological polar surface area (TPSA) is 49.4 Å². The quantitative estimate of drug-likeness (QED) is 0.850. The van der Waals surface area contributed by atoms with Crippen molar-refractivity contribution >= 4 is 11.7 Å². The molecule has 1 aromatic carbocycles. The van der Waals surface area contributed by atoms with Crippen LogP contribution in [0.4, 0.5) is 0 Å². The summed E-state index contributed by atoms with van der Waals surface area (Å²) in [4.78, 5) is 26.3. The van der Waals surface area contributed by atoms with Gasteiger partial charge >= 0.3 is 0 Å². The molecule has 2 saturated heterocycles. The van der Waals surface area contributed by atoms with Gasteiger partial charge in [0.15, 0.2) is 5.78 Å². The molecule has 0 radical (unpaired) electrons. The second-order valence-corrected chi connectivity index (χ2v) is 6.41. The number of hydrogen-bond donors (Lipinski definition) is 1. The van der Waals surface area contributed by atoms with Gasteiger partial charge in [0.1, 0.15) is 0 Å². The summed E-state index contributed by atoms with van der Waals surface area (Å²) < 4.78 is 0. The van der Waals surface area contributed by atoms with Crippen molar-refractivity contribution in [1.29, 1.82) is 0 Å². The van der Waals surface area contributed by atoms with E-state index in [2.05, 4.69) is 5.32 Å². The molecule has 0 unspecified atom stereocenters. The summed E-state index contributed by atoms with van der Waals surface area (Å²) in [6.07, 6.45) is 5.07. The van der Waals surface area contributed by atoms with E-state index < -0.39 is 0 Å². The number of carbonyl (C=O) groups excluding carboxylic acids is 2. The number of fused-ring (bicyclic) bond motifs is 2. The first kappa shape index (κ1) is 15.2. The molecule has 1 N–H and O–H groups in total. The van der Waals surface area contributed by atoms with E-state index in [4.69, 9.17) is 0 Å². The molecule has 0 spiro atoms. The summed E-state index contributed by atoms with van der Waals surface area (Å²) in [7, 11) is 0. The van der Waals surface area contributed by atoms with Gasteiger partial charge in [-0.2, -0.15) is 0 Å². The van der Waals surface area contributed by atoms with Crippen molar-refractivity contribution in [2.24, 2.45) is 0 Å². The zero-order valence-electron chi connectivity index (χ0n) is 13.0. The molecule has 4 nitrogen and oxygen atoms in total. The number of hydrogen-bond acceptors (Lipinski definition) is 3. The summed E-state index contributed by atoms with van der Waals surface area (Å²) in [5.74, 6) is 0.334. The summed E-state index contributed by atoms with van der Waals surface area (Å²) in [5, 5.41) is 3.59. The average Bonchev–Trinajstić information content (AvgIpc) is 2.87. The van der Waals surface area contributed by atoms with Crippen molar-refractivity contribution in [3.05, 3.63) is 35.9 Å². The normalized spacial score (nSPS) is 24.1. The van der Waals surface area contributed by atoms with Crippen LogP contribution < -0.4 is 5.32 Å². The molecule has 1 amide bonds. The molecule has 0 aromatic heterocycles. The number of likely N-dealkylation sites (tertiary alicyclic amines) is 1. The van der Waals surface area contributed by atoms with Crippen LogP contribution >= 0.6 is 0 Å². The molecule has 118 valence electrons. The lowest BCUT2D eigenvalue weighted by atomic mass is 10.0. The van der Waals surface area contributed by atoms with Crippen LogP contribution in [-0.4, -0.2) is 41.8 Å². The first-order valence-electron chi connectivity index (χ1n) is 8.34. The molecule has 2 heterocycles. The van der Waals surface area contributed by atoms with Crippen LogP contribution in [-0.2, 0) is 4.79 Å². The Morgan fingerprint density at radius 2 is 1.82 bits per heavy atom. The predicted octanol–water partition coefficient (Wildman–Crippen LogP) is 2.39. The average molecular weight is 300 g/mol. The van der Waals surface area contributed by atoms with Gasteiger partial charge in [-0.25, -0.2) is 0 Å². The molecule has 0 saturated carbocycles. The van der Waals surface area contributed by atoms with E-state index in [1.165, 1.54) is 12.8 Å². The van der Waals surface area contributed by atoms with Gasteiger partial charge in [-0.15, -0.1) is 0 Å². The lowest BCUT2D eigenvalue weighted by Crippen LogP contribution is -2.38. The second kappa shape index (κ2) is 7.05. The number of benzene rings is 1. The lowest BCUT2D eigenvalue weighted by Gasteiger charge is -2.24. The molecular formula is C18H24N2O2. The maximum atomic E-state index is 12.3. The van der Waals surface area contributed by atoms with Crippen molar-refractivity contribution < 1.29 is 9.59 Å². The standard InChI is InChI=1S/C18H24N2O2/c21-17(14-5-2-1-3-6-14)7-4-8-18(22)20-12-11-15-9-10-16(13-20)19-15/h1-3,5-6,15-16,19H,4,7-13H2/t15-,16+/m1/s1. The molecule has 2 aliphatic heterocycles. The minimum absolute atomic E-state index is 0.130. The van der Waals surface area contributed by atoms with Crippen LogP contribution in [0.25, 0.3) is 0 Å². The molecule has 1 aromatic rings. The molecule has 2 fully saturated rings. The summed E-state index contributed by atoms with van der Waals surface area (Å²) in [5.41, 5.74) is 0.742. The maximum absolute atomic E-state index is 12.3. The highest BCUT2D eigenvalue weighted by Gasteiger charge is 2.30. The Balaban J connectivity index is 1.43. The van der Waals surface area contributed by atoms with E-state index in [1.54, 1.807) is 0 Å². The molecule has 0 aliphatic carbocycles. The Morgan fingerprint density at radius 1 is 1.05 bits per heavy atom. The number of ketones is 1. The Labute approximate surface area is 131 Å². The lowest BCUT2D eigenvalue weighted by molar-refractivity contribution is -0.131. The first-order valence-corrected chi connectivity index (χ1v) is 8.34. The summed E-state index contributed by atoms with van der Waals surface area (Å²) in [6, 6.07) is 10.4. The zero-order chi connectivity index (χ0) is 15.4. The molecule has 2 aliphatic rings.